The average Bonchev–Trinajstić information content (AvgIpc) is 2.14. The van der Waals surface area contributed by atoms with Crippen molar-refractivity contribution in [2.45, 2.75) is 19.0 Å². The molecule has 0 bridgehead atoms. The van der Waals surface area contributed by atoms with Gasteiger partial charge in [0.05, 0.1) is 13.0 Å². The first-order valence-electron chi connectivity index (χ1n) is 4.77. The van der Waals surface area contributed by atoms with Gasteiger partial charge in [-0.1, -0.05) is 0 Å². The second kappa shape index (κ2) is 4.83. The molecule has 1 aliphatic heterocycles. The number of methoxy groups -OCH3 is 1. The summed E-state index contributed by atoms with van der Waals surface area (Å²) >= 11 is 0. The van der Waals surface area contributed by atoms with Crippen molar-refractivity contribution in [1.82, 2.24) is 5.32 Å². The Balaban J connectivity index is 2.46. The number of piperidine rings is 1. The van der Waals surface area contributed by atoms with Crippen molar-refractivity contribution in [3.8, 4) is 0 Å². The van der Waals surface area contributed by atoms with Gasteiger partial charge in [0.15, 0.2) is 0 Å². The summed E-state index contributed by atoms with van der Waals surface area (Å²) in [4.78, 5) is 11.1. The molecule has 2 atom stereocenters. The van der Waals surface area contributed by atoms with Gasteiger partial charge < -0.3 is 10.1 Å². The van der Waals surface area contributed by atoms with E-state index in [1.165, 1.54) is 7.11 Å². The maximum atomic E-state index is 12.1. The number of esters is 1. The van der Waals surface area contributed by atoms with E-state index >= 15 is 0 Å². The summed E-state index contributed by atoms with van der Waals surface area (Å²) in [6.07, 6.45) is -4.75. The minimum atomic E-state index is -4.16. The Hall–Kier alpha value is -0.780. The molecule has 3 nitrogen and oxygen atoms in total. The van der Waals surface area contributed by atoms with Gasteiger partial charge in [-0.05, 0) is 18.9 Å². The molecule has 2 unspecified atom stereocenters. The molecule has 1 fully saturated rings. The van der Waals surface area contributed by atoms with E-state index in [1.54, 1.807) is 0 Å². The van der Waals surface area contributed by atoms with E-state index in [-0.39, 0.29) is 6.42 Å². The van der Waals surface area contributed by atoms with Crippen LogP contribution in [0.4, 0.5) is 13.2 Å². The monoisotopic (exact) mass is 225 g/mol. The van der Waals surface area contributed by atoms with Crippen molar-refractivity contribution in [2.75, 3.05) is 20.2 Å². The molecule has 0 aromatic heterocycles. The van der Waals surface area contributed by atoms with E-state index in [9.17, 15) is 18.0 Å². The number of nitrogens with one attached hydrogen (secondary N) is 1. The Morgan fingerprint density at radius 2 is 2.13 bits per heavy atom. The molecule has 0 aromatic rings. The van der Waals surface area contributed by atoms with Crippen molar-refractivity contribution in [1.29, 1.82) is 0 Å². The Labute approximate surface area is 86.0 Å². The molecule has 88 valence electrons. The largest absolute Gasteiger partial charge is 0.469 e. The molecule has 15 heavy (non-hydrogen) atoms. The molecule has 1 heterocycles. The summed E-state index contributed by atoms with van der Waals surface area (Å²) in [5, 5.41) is 2.82. The number of ether oxygens (including phenoxy) is 1. The first-order valence-corrected chi connectivity index (χ1v) is 4.77. The molecule has 0 spiro atoms. The first kappa shape index (κ1) is 12.3. The van der Waals surface area contributed by atoms with Crippen LogP contribution in [0.15, 0.2) is 0 Å². The highest BCUT2D eigenvalue weighted by Gasteiger charge is 2.36. The van der Waals surface area contributed by atoms with Crippen LogP contribution in [0.3, 0.4) is 0 Å². The van der Waals surface area contributed by atoms with Crippen LogP contribution in [0.5, 0.6) is 0 Å². The van der Waals surface area contributed by atoms with E-state index in [1.807, 2.05) is 0 Å². The smallest absolute Gasteiger partial charge is 0.389 e. The maximum absolute atomic E-state index is 12.1. The number of rotatable bonds is 2. The predicted molar refractivity (Wildman–Crippen MR) is 47.2 cm³/mol. The van der Waals surface area contributed by atoms with Crippen molar-refractivity contribution >= 4 is 5.97 Å². The van der Waals surface area contributed by atoms with Crippen LogP contribution in [0, 0.1) is 11.8 Å². The fraction of sp³-hybridized carbons (Fsp3) is 0.889. The number of alkyl halides is 3. The summed E-state index contributed by atoms with van der Waals surface area (Å²) < 4.78 is 40.8. The molecular formula is C9H14F3NO2. The number of hydrogen-bond acceptors (Lipinski definition) is 3. The molecule has 0 aliphatic carbocycles. The number of carbonyl (C=O) groups excluding carboxylic acids is 1. The highest BCUT2D eigenvalue weighted by molar-refractivity contribution is 5.72. The highest BCUT2D eigenvalue weighted by atomic mass is 19.4. The Kier molecular flexibility index (Phi) is 3.96. The zero-order valence-corrected chi connectivity index (χ0v) is 8.43. The van der Waals surface area contributed by atoms with Crippen molar-refractivity contribution in [3.63, 3.8) is 0 Å². The average molecular weight is 225 g/mol. The van der Waals surface area contributed by atoms with Crippen LogP contribution in [0.25, 0.3) is 0 Å². The highest BCUT2D eigenvalue weighted by Crippen LogP contribution is 2.30. The quantitative estimate of drug-likeness (QED) is 0.721. The summed E-state index contributed by atoms with van der Waals surface area (Å²) in [6, 6.07) is 0. The molecule has 6 heteroatoms. The zero-order chi connectivity index (χ0) is 11.5. The molecule has 0 aromatic carbocycles. The van der Waals surface area contributed by atoms with Gasteiger partial charge in [-0.2, -0.15) is 13.2 Å². The van der Waals surface area contributed by atoms with Gasteiger partial charge in [-0.15, -0.1) is 0 Å². The third-order valence-electron chi connectivity index (χ3n) is 2.50. The standard InChI is InChI=1S/C9H14F3NO2/c1-15-8(14)7-2-6(4-13-5-7)3-9(10,11)12/h6-7,13H,2-5H2,1H3. The van der Waals surface area contributed by atoms with Crippen LogP contribution in [0.2, 0.25) is 0 Å². The van der Waals surface area contributed by atoms with Crippen LogP contribution in [0.1, 0.15) is 12.8 Å². The third-order valence-corrected chi connectivity index (χ3v) is 2.50. The Bertz CT molecular complexity index is 230. The van der Waals surface area contributed by atoms with E-state index < -0.39 is 30.4 Å². The van der Waals surface area contributed by atoms with Crippen LogP contribution in [-0.4, -0.2) is 32.3 Å². The molecule has 0 radical (unpaired) electrons. The summed E-state index contributed by atoms with van der Waals surface area (Å²) in [7, 11) is 1.25. The van der Waals surface area contributed by atoms with Gasteiger partial charge in [0, 0.05) is 13.0 Å². The van der Waals surface area contributed by atoms with Gasteiger partial charge in [0.1, 0.15) is 0 Å². The Morgan fingerprint density at radius 3 is 2.67 bits per heavy atom. The van der Waals surface area contributed by atoms with E-state index in [2.05, 4.69) is 10.1 Å². The fourth-order valence-electron chi connectivity index (χ4n) is 1.86. The predicted octanol–water partition coefficient (Wildman–Crippen LogP) is 1.34. The lowest BCUT2D eigenvalue weighted by Crippen LogP contribution is -2.41. The minimum absolute atomic E-state index is 0.249. The molecule has 0 saturated carbocycles. The lowest BCUT2D eigenvalue weighted by Gasteiger charge is -2.28. The van der Waals surface area contributed by atoms with Crippen LogP contribution >= 0.6 is 0 Å². The first-order chi connectivity index (χ1) is 6.92. The van der Waals surface area contributed by atoms with E-state index in [0.717, 1.165) is 0 Å². The second-order valence-electron chi connectivity index (χ2n) is 3.80. The Morgan fingerprint density at radius 1 is 1.47 bits per heavy atom. The molecule has 1 rings (SSSR count). The second-order valence-corrected chi connectivity index (χ2v) is 3.80. The number of carbonyl (C=O) groups is 1. The molecule has 1 N–H and O–H groups in total. The normalized spacial score (nSPS) is 27.5. The van der Waals surface area contributed by atoms with Gasteiger partial charge in [-0.25, -0.2) is 0 Å². The van der Waals surface area contributed by atoms with Crippen LogP contribution < -0.4 is 5.32 Å². The van der Waals surface area contributed by atoms with Gasteiger partial charge >= 0.3 is 12.1 Å². The molecule has 1 aliphatic rings. The van der Waals surface area contributed by atoms with Crippen molar-refractivity contribution < 1.29 is 22.7 Å². The van der Waals surface area contributed by atoms with Gasteiger partial charge in [0.25, 0.3) is 0 Å². The third kappa shape index (κ3) is 4.07. The summed E-state index contributed by atoms with van der Waals surface area (Å²) in [5.41, 5.74) is 0. The van der Waals surface area contributed by atoms with Crippen molar-refractivity contribution in [2.24, 2.45) is 11.8 Å². The SMILES string of the molecule is COC(=O)C1CNCC(CC(F)(F)F)C1. The summed E-state index contributed by atoms with van der Waals surface area (Å²) in [5.74, 6) is -1.41. The summed E-state index contributed by atoms with van der Waals surface area (Å²) in [6.45, 7) is 0.716. The topological polar surface area (TPSA) is 38.3 Å². The van der Waals surface area contributed by atoms with Crippen molar-refractivity contribution in [3.05, 3.63) is 0 Å². The van der Waals surface area contributed by atoms with Gasteiger partial charge in [0.2, 0.25) is 0 Å². The minimum Gasteiger partial charge on any atom is -0.469 e. The van der Waals surface area contributed by atoms with E-state index in [0.29, 0.717) is 13.1 Å². The number of halogens is 3. The molecule has 0 amide bonds. The van der Waals surface area contributed by atoms with Gasteiger partial charge in [-0.3, -0.25) is 4.79 Å². The molecular weight excluding hydrogens is 211 g/mol. The zero-order valence-electron chi connectivity index (χ0n) is 8.43. The fourth-order valence-corrected chi connectivity index (χ4v) is 1.86. The lowest BCUT2D eigenvalue weighted by atomic mass is 9.88. The lowest BCUT2D eigenvalue weighted by molar-refractivity contribution is -0.154. The number of hydrogen-bond donors (Lipinski definition) is 1. The van der Waals surface area contributed by atoms with E-state index in [4.69, 9.17) is 0 Å². The maximum Gasteiger partial charge on any atom is 0.389 e. The molecule has 1 saturated heterocycles. The van der Waals surface area contributed by atoms with Crippen LogP contribution in [-0.2, 0) is 9.53 Å².